The number of aromatic nitrogens is 1. The van der Waals surface area contributed by atoms with Gasteiger partial charge in [-0.1, -0.05) is 13.0 Å². The maximum atomic E-state index is 11.3. The molecule has 0 radical (unpaired) electrons. The largest absolute Gasteiger partial charge is 0.369 e. The van der Waals surface area contributed by atoms with Crippen LogP contribution in [0, 0.1) is 5.92 Å². The van der Waals surface area contributed by atoms with E-state index in [-0.39, 0.29) is 11.8 Å². The predicted octanol–water partition coefficient (Wildman–Crippen LogP) is 1.28. The second-order valence-corrected chi connectivity index (χ2v) is 5.39. The average Bonchev–Trinajstić information content (AvgIpc) is 2.48. The third-order valence-corrected chi connectivity index (χ3v) is 3.71. The number of nitrogens with one attached hydrogen (secondary N) is 1. The number of carbonyl (C=O) groups excluding carboxylic acids is 1. The number of pyridine rings is 1. The van der Waals surface area contributed by atoms with Crippen molar-refractivity contribution in [1.29, 1.82) is 0 Å². The van der Waals surface area contributed by atoms with Gasteiger partial charge in [0, 0.05) is 25.8 Å². The minimum atomic E-state index is -0.199. The van der Waals surface area contributed by atoms with Crippen LogP contribution in [-0.2, 0) is 11.3 Å². The highest BCUT2D eigenvalue weighted by atomic mass is 16.1. The minimum absolute atomic E-state index is 0.0450. The molecule has 20 heavy (non-hydrogen) atoms. The van der Waals surface area contributed by atoms with Crippen LogP contribution in [-0.4, -0.2) is 30.5 Å². The molecule has 0 bridgehead atoms. The van der Waals surface area contributed by atoms with Gasteiger partial charge in [-0.15, -0.1) is 0 Å². The molecule has 5 nitrogen and oxygen atoms in total. The van der Waals surface area contributed by atoms with E-state index in [1.165, 1.54) is 5.56 Å². The summed E-state index contributed by atoms with van der Waals surface area (Å²) in [6, 6.07) is 4.13. The van der Waals surface area contributed by atoms with Crippen molar-refractivity contribution in [2.45, 2.75) is 32.7 Å². The summed E-state index contributed by atoms with van der Waals surface area (Å²) in [5.41, 5.74) is 6.59. The van der Waals surface area contributed by atoms with Crippen molar-refractivity contribution in [3.63, 3.8) is 0 Å². The molecule has 1 unspecified atom stereocenters. The van der Waals surface area contributed by atoms with Crippen molar-refractivity contribution in [3.05, 3.63) is 23.9 Å². The van der Waals surface area contributed by atoms with E-state index in [1.807, 2.05) is 12.3 Å². The molecule has 5 heteroatoms. The van der Waals surface area contributed by atoms with Crippen LogP contribution in [0.25, 0.3) is 0 Å². The van der Waals surface area contributed by atoms with Crippen molar-refractivity contribution in [2.24, 2.45) is 11.7 Å². The van der Waals surface area contributed by atoms with Crippen LogP contribution in [0.1, 0.15) is 31.7 Å². The number of nitrogens with two attached hydrogens (primary N) is 1. The number of nitrogens with zero attached hydrogens (tertiary/aromatic N) is 2. The summed E-state index contributed by atoms with van der Waals surface area (Å²) in [6.07, 6.45) is 4.93. The van der Waals surface area contributed by atoms with E-state index in [2.05, 4.69) is 28.2 Å². The lowest BCUT2D eigenvalue weighted by Crippen LogP contribution is -2.41. The molecule has 3 N–H and O–H groups in total. The normalized spacial score (nSPS) is 19.1. The second-order valence-electron chi connectivity index (χ2n) is 5.39. The Hall–Kier alpha value is -1.62. The number of carbonyl (C=O) groups is 1. The maximum absolute atomic E-state index is 11.3. The SMILES string of the molecule is CCCNCc1ccc(N2CCCC(C(N)=O)C2)nc1. The lowest BCUT2D eigenvalue weighted by atomic mass is 9.97. The highest BCUT2D eigenvalue weighted by molar-refractivity contribution is 5.77. The van der Waals surface area contributed by atoms with Crippen LogP contribution >= 0.6 is 0 Å². The van der Waals surface area contributed by atoms with Gasteiger partial charge in [0.25, 0.3) is 0 Å². The fourth-order valence-corrected chi connectivity index (χ4v) is 2.54. The van der Waals surface area contributed by atoms with Crippen LogP contribution in [0.4, 0.5) is 5.82 Å². The van der Waals surface area contributed by atoms with Gasteiger partial charge < -0.3 is 16.0 Å². The minimum Gasteiger partial charge on any atom is -0.369 e. The second kappa shape index (κ2) is 7.24. The molecule has 0 spiro atoms. The zero-order valence-corrected chi connectivity index (χ0v) is 12.1. The van der Waals surface area contributed by atoms with Gasteiger partial charge in [-0.25, -0.2) is 4.98 Å². The summed E-state index contributed by atoms with van der Waals surface area (Å²) in [6.45, 7) is 5.67. The standard InChI is InChI=1S/C15H24N4O/c1-2-7-17-9-12-5-6-14(18-10-12)19-8-3-4-13(11-19)15(16)20/h5-6,10,13,17H,2-4,7-9,11H2,1H3,(H2,16,20). The summed E-state index contributed by atoms with van der Waals surface area (Å²) in [7, 11) is 0. The number of rotatable bonds is 6. The molecule has 1 aliphatic rings. The van der Waals surface area contributed by atoms with Crippen molar-refractivity contribution >= 4 is 11.7 Å². The predicted molar refractivity (Wildman–Crippen MR) is 80.4 cm³/mol. The van der Waals surface area contributed by atoms with Crippen molar-refractivity contribution in [1.82, 2.24) is 10.3 Å². The van der Waals surface area contributed by atoms with Crippen LogP contribution in [0.2, 0.25) is 0 Å². The number of primary amides is 1. The van der Waals surface area contributed by atoms with E-state index >= 15 is 0 Å². The average molecular weight is 276 g/mol. The lowest BCUT2D eigenvalue weighted by Gasteiger charge is -2.32. The summed E-state index contributed by atoms with van der Waals surface area (Å²) >= 11 is 0. The number of hydrogen-bond acceptors (Lipinski definition) is 4. The smallest absolute Gasteiger partial charge is 0.222 e. The highest BCUT2D eigenvalue weighted by Gasteiger charge is 2.24. The Kier molecular flexibility index (Phi) is 5.35. The van der Waals surface area contributed by atoms with Gasteiger partial charge in [0.2, 0.25) is 5.91 Å². The molecule has 1 atom stereocenters. The van der Waals surface area contributed by atoms with Gasteiger partial charge in [-0.2, -0.15) is 0 Å². The molecule has 0 aromatic carbocycles. The van der Waals surface area contributed by atoms with Crippen molar-refractivity contribution in [2.75, 3.05) is 24.5 Å². The Labute approximate surface area is 120 Å². The third-order valence-electron chi connectivity index (χ3n) is 3.71. The first-order valence-electron chi connectivity index (χ1n) is 7.40. The number of anilines is 1. The molecule has 110 valence electrons. The van der Waals surface area contributed by atoms with E-state index in [0.717, 1.165) is 44.7 Å². The van der Waals surface area contributed by atoms with Gasteiger partial charge in [0.05, 0.1) is 5.92 Å². The van der Waals surface area contributed by atoms with Crippen molar-refractivity contribution in [3.8, 4) is 0 Å². The Morgan fingerprint density at radius 3 is 3.05 bits per heavy atom. The quantitative estimate of drug-likeness (QED) is 0.768. The van der Waals surface area contributed by atoms with E-state index in [9.17, 15) is 4.79 Å². The van der Waals surface area contributed by atoms with Gasteiger partial charge >= 0.3 is 0 Å². The molecular weight excluding hydrogens is 252 g/mol. The van der Waals surface area contributed by atoms with Gasteiger partial charge in [0.15, 0.2) is 0 Å². The third kappa shape index (κ3) is 3.93. The Morgan fingerprint density at radius 1 is 1.55 bits per heavy atom. The fraction of sp³-hybridized carbons (Fsp3) is 0.600. The van der Waals surface area contributed by atoms with Crippen molar-refractivity contribution < 1.29 is 4.79 Å². The lowest BCUT2D eigenvalue weighted by molar-refractivity contribution is -0.122. The van der Waals surface area contributed by atoms with Crippen LogP contribution in [0.15, 0.2) is 18.3 Å². The molecule has 1 aromatic rings. The zero-order chi connectivity index (χ0) is 14.4. The van der Waals surface area contributed by atoms with Gasteiger partial charge in [0.1, 0.15) is 5.82 Å². The number of amides is 1. The molecule has 1 fully saturated rings. The summed E-state index contributed by atoms with van der Waals surface area (Å²) < 4.78 is 0. The van der Waals surface area contributed by atoms with Crippen LogP contribution in [0.5, 0.6) is 0 Å². The molecule has 1 aliphatic heterocycles. The molecule has 1 saturated heterocycles. The van der Waals surface area contributed by atoms with E-state index in [4.69, 9.17) is 5.73 Å². The Balaban J connectivity index is 1.93. The first-order valence-corrected chi connectivity index (χ1v) is 7.40. The first kappa shape index (κ1) is 14.8. The number of piperidine rings is 1. The monoisotopic (exact) mass is 276 g/mol. The molecule has 1 amide bonds. The molecular formula is C15H24N4O. The highest BCUT2D eigenvalue weighted by Crippen LogP contribution is 2.21. The Bertz CT molecular complexity index is 432. The molecule has 2 rings (SSSR count). The fourth-order valence-electron chi connectivity index (χ4n) is 2.54. The first-order chi connectivity index (χ1) is 9.70. The molecule has 2 heterocycles. The Morgan fingerprint density at radius 2 is 2.40 bits per heavy atom. The topological polar surface area (TPSA) is 71.2 Å². The maximum Gasteiger partial charge on any atom is 0.222 e. The zero-order valence-electron chi connectivity index (χ0n) is 12.1. The van der Waals surface area contributed by atoms with Gasteiger partial charge in [-0.05, 0) is 37.4 Å². The summed E-state index contributed by atoms with van der Waals surface area (Å²) in [4.78, 5) is 18.0. The van der Waals surface area contributed by atoms with E-state index in [1.54, 1.807) is 0 Å². The number of hydrogen-bond donors (Lipinski definition) is 2. The van der Waals surface area contributed by atoms with E-state index < -0.39 is 0 Å². The summed E-state index contributed by atoms with van der Waals surface area (Å²) in [5.74, 6) is 0.696. The van der Waals surface area contributed by atoms with E-state index in [0.29, 0.717) is 6.54 Å². The summed E-state index contributed by atoms with van der Waals surface area (Å²) in [5, 5.41) is 3.36. The molecule has 0 saturated carbocycles. The molecule has 1 aromatic heterocycles. The molecule has 0 aliphatic carbocycles. The van der Waals surface area contributed by atoms with Gasteiger partial charge in [-0.3, -0.25) is 4.79 Å². The van der Waals surface area contributed by atoms with Crippen LogP contribution in [0.3, 0.4) is 0 Å². The van der Waals surface area contributed by atoms with Crippen LogP contribution < -0.4 is 16.0 Å².